The van der Waals surface area contributed by atoms with Gasteiger partial charge in [-0.2, -0.15) is 0 Å². The molecule has 0 saturated carbocycles. The summed E-state index contributed by atoms with van der Waals surface area (Å²) in [6, 6.07) is 35.2. The van der Waals surface area contributed by atoms with Crippen molar-refractivity contribution in [2.24, 2.45) is 0 Å². The molecule has 0 aromatic heterocycles. The normalized spacial score (nSPS) is 19.5. The van der Waals surface area contributed by atoms with Crippen molar-refractivity contribution in [2.45, 2.75) is 75.7 Å². The number of carboxylic acid groups (broad SMARTS) is 1. The highest BCUT2D eigenvalue weighted by Crippen LogP contribution is 2.21. The van der Waals surface area contributed by atoms with E-state index in [2.05, 4.69) is 31.9 Å². The molecular weight excluding hydrogens is 801 g/mol. The molecule has 63 heavy (non-hydrogen) atoms. The lowest BCUT2D eigenvalue weighted by atomic mass is 9.98. The fourth-order valence-electron chi connectivity index (χ4n) is 7.11. The van der Waals surface area contributed by atoms with Crippen LogP contribution in [0, 0.1) is 0 Å². The van der Waals surface area contributed by atoms with E-state index < -0.39 is 71.6 Å². The largest absolute Gasteiger partial charge is 0.480 e. The molecule has 0 radical (unpaired) electrons. The van der Waals surface area contributed by atoms with Gasteiger partial charge in [-0.05, 0) is 65.3 Å². The third-order valence-electron chi connectivity index (χ3n) is 10.7. The molecule has 2 aliphatic heterocycles. The van der Waals surface area contributed by atoms with Gasteiger partial charge in [0.25, 0.3) is 0 Å². The SMILES string of the molecule is C[C@@H](NC(=O)[C@@H]1Cc2ccc(cc2)NC(=O)CCC(=O)NC(c2ccccc2)C(=O)N[C@@H](Cc2ccc(-c3ccccc3)cc2)C(=O)N[C@H](CCc2ccccc2)C(=O)N1)C(=O)O. The molecular formula is C49H50N6O8. The number of carbonyl (C=O) groups excluding carboxylic acids is 6. The molecule has 0 aliphatic carbocycles. The number of benzene rings is 5. The summed E-state index contributed by atoms with van der Waals surface area (Å²) < 4.78 is 0. The molecule has 7 rings (SSSR count). The molecule has 5 atom stereocenters. The van der Waals surface area contributed by atoms with Crippen molar-refractivity contribution in [3.63, 3.8) is 0 Å². The standard InChI is InChI=1S/C49H50N6O8/c1-31(49(62)63)50-46(59)40-30-34-19-24-38(25-20-34)51-42(56)27-28-43(57)55-44(37-15-9-4-10-16-37)48(61)54-41(29-33-17-22-36(23-18-33)35-13-7-3-8-14-35)47(60)52-39(45(58)53-40)26-21-32-11-5-2-6-12-32/h2-20,22-25,31,39-41,44H,21,26-30H2,1H3,(H,50,59)(H,51,56)(H,52,60)(H,53,58)(H,54,61)(H,55,57)(H,62,63)/t31-,39-,40+,41+,44?/m1/s1. The summed E-state index contributed by atoms with van der Waals surface area (Å²) in [4.78, 5) is 95.1. The van der Waals surface area contributed by atoms with E-state index in [0.29, 0.717) is 28.8 Å². The highest BCUT2D eigenvalue weighted by molar-refractivity contribution is 5.97. The first-order chi connectivity index (χ1) is 30.4. The number of hydrogen-bond acceptors (Lipinski definition) is 7. The molecule has 0 saturated heterocycles. The van der Waals surface area contributed by atoms with Crippen LogP contribution in [0.25, 0.3) is 11.1 Å². The predicted octanol–water partition coefficient (Wildman–Crippen LogP) is 4.41. The van der Waals surface area contributed by atoms with E-state index in [1.165, 1.54) is 6.92 Å². The van der Waals surface area contributed by atoms with Gasteiger partial charge in [-0.25, -0.2) is 0 Å². The Morgan fingerprint density at radius 1 is 0.619 bits per heavy atom. The lowest BCUT2D eigenvalue weighted by Crippen LogP contribution is -2.58. The molecule has 0 spiro atoms. The Morgan fingerprint density at radius 2 is 1.19 bits per heavy atom. The number of rotatable bonds is 10. The third kappa shape index (κ3) is 13.2. The van der Waals surface area contributed by atoms with Crippen LogP contribution in [0.2, 0.25) is 0 Å². The lowest BCUT2D eigenvalue weighted by Gasteiger charge is -2.27. The number of aliphatic carboxylic acids is 1. The van der Waals surface area contributed by atoms with Gasteiger partial charge >= 0.3 is 5.97 Å². The number of amides is 6. The van der Waals surface area contributed by atoms with Gasteiger partial charge in [0.1, 0.15) is 30.2 Å². The average molecular weight is 851 g/mol. The fourth-order valence-corrected chi connectivity index (χ4v) is 7.11. The summed E-state index contributed by atoms with van der Waals surface area (Å²) in [5.74, 6) is -5.22. The summed E-state index contributed by atoms with van der Waals surface area (Å²) >= 11 is 0. The van der Waals surface area contributed by atoms with Gasteiger partial charge in [0, 0.05) is 31.4 Å². The average Bonchev–Trinajstić information content (AvgIpc) is 3.29. The van der Waals surface area contributed by atoms with E-state index >= 15 is 0 Å². The van der Waals surface area contributed by atoms with Crippen molar-refractivity contribution in [1.82, 2.24) is 26.6 Å². The second-order valence-electron chi connectivity index (χ2n) is 15.4. The van der Waals surface area contributed by atoms with Crippen molar-refractivity contribution in [2.75, 3.05) is 5.32 Å². The molecule has 2 aliphatic rings. The summed E-state index contributed by atoms with van der Waals surface area (Å²) in [6.07, 6.45) is -0.106. The minimum absolute atomic E-state index is 0.0107. The van der Waals surface area contributed by atoms with E-state index in [1.54, 1.807) is 54.6 Å². The van der Waals surface area contributed by atoms with E-state index in [0.717, 1.165) is 16.7 Å². The summed E-state index contributed by atoms with van der Waals surface area (Å²) in [5, 5.41) is 25.9. The molecule has 2 bridgehead atoms. The number of fused-ring (bicyclic) bond motifs is 18. The molecule has 0 fully saturated rings. The van der Waals surface area contributed by atoms with Crippen LogP contribution in [0.3, 0.4) is 0 Å². The second kappa shape index (κ2) is 21.8. The number of aryl methyl sites for hydroxylation is 1. The highest BCUT2D eigenvalue weighted by Gasteiger charge is 2.33. The molecule has 14 heteroatoms. The van der Waals surface area contributed by atoms with Gasteiger partial charge in [0.2, 0.25) is 35.4 Å². The van der Waals surface area contributed by atoms with Crippen LogP contribution < -0.4 is 31.9 Å². The van der Waals surface area contributed by atoms with Crippen LogP contribution in [0.15, 0.2) is 140 Å². The minimum atomic E-state index is -1.28. The van der Waals surface area contributed by atoms with E-state index in [-0.39, 0.29) is 32.1 Å². The first kappa shape index (κ1) is 44.9. The van der Waals surface area contributed by atoms with Crippen LogP contribution in [-0.4, -0.2) is 70.7 Å². The molecule has 1 unspecified atom stereocenters. The molecule has 6 amide bonds. The van der Waals surface area contributed by atoms with Crippen LogP contribution in [0.4, 0.5) is 5.69 Å². The maximum absolute atomic E-state index is 14.6. The summed E-state index contributed by atoms with van der Waals surface area (Å²) in [7, 11) is 0. The quantitative estimate of drug-likeness (QED) is 0.0999. The van der Waals surface area contributed by atoms with Gasteiger partial charge in [0.15, 0.2) is 0 Å². The van der Waals surface area contributed by atoms with Gasteiger partial charge in [-0.1, -0.05) is 127 Å². The Hall–Kier alpha value is -7.61. The number of carboxylic acids is 1. The highest BCUT2D eigenvalue weighted by atomic mass is 16.4. The van der Waals surface area contributed by atoms with Crippen molar-refractivity contribution >= 4 is 47.1 Å². The number of nitrogens with one attached hydrogen (secondary N) is 6. The molecule has 5 aromatic rings. The number of anilines is 1. The Balaban J connectivity index is 1.37. The maximum Gasteiger partial charge on any atom is 0.325 e. The maximum atomic E-state index is 14.6. The second-order valence-corrected chi connectivity index (χ2v) is 15.4. The molecule has 324 valence electrons. The Bertz CT molecular complexity index is 2380. The van der Waals surface area contributed by atoms with Crippen LogP contribution >= 0.6 is 0 Å². The van der Waals surface area contributed by atoms with Crippen molar-refractivity contribution < 1.29 is 38.7 Å². The zero-order valence-electron chi connectivity index (χ0n) is 34.7. The Kier molecular flexibility index (Phi) is 15.5. The van der Waals surface area contributed by atoms with E-state index in [9.17, 15) is 38.7 Å². The van der Waals surface area contributed by atoms with Gasteiger partial charge in [0.05, 0.1) is 0 Å². The first-order valence-electron chi connectivity index (χ1n) is 20.8. The first-order valence-corrected chi connectivity index (χ1v) is 20.8. The van der Waals surface area contributed by atoms with Gasteiger partial charge in [-0.3, -0.25) is 33.6 Å². The van der Waals surface area contributed by atoms with E-state index in [4.69, 9.17) is 0 Å². The van der Waals surface area contributed by atoms with Crippen LogP contribution in [-0.2, 0) is 52.8 Å². The smallest absolute Gasteiger partial charge is 0.325 e. The van der Waals surface area contributed by atoms with Gasteiger partial charge < -0.3 is 37.0 Å². The zero-order chi connectivity index (χ0) is 44.7. The molecule has 7 N–H and O–H groups in total. The Morgan fingerprint density at radius 3 is 1.84 bits per heavy atom. The van der Waals surface area contributed by atoms with Crippen molar-refractivity contribution in [1.29, 1.82) is 0 Å². The van der Waals surface area contributed by atoms with Crippen LogP contribution in [0.1, 0.15) is 54.5 Å². The molecule has 2 heterocycles. The Labute approximate surface area is 365 Å². The molecule has 5 aromatic carbocycles. The monoisotopic (exact) mass is 850 g/mol. The number of carbonyl (C=O) groups is 7. The predicted molar refractivity (Wildman–Crippen MR) is 237 cm³/mol. The van der Waals surface area contributed by atoms with Crippen molar-refractivity contribution in [3.05, 3.63) is 162 Å². The molecule has 14 nitrogen and oxygen atoms in total. The number of hydrogen-bond donors (Lipinski definition) is 7. The topological polar surface area (TPSA) is 212 Å². The third-order valence-corrected chi connectivity index (χ3v) is 10.7. The zero-order valence-corrected chi connectivity index (χ0v) is 34.7. The van der Waals surface area contributed by atoms with Crippen LogP contribution in [0.5, 0.6) is 0 Å². The summed E-state index contributed by atoms with van der Waals surface area (Å²) in [6.45, 7) is 1.30. The lowest BCUT2D eigenvalue weighted by molar-refractivity contribution is -0.141. The minimum Gasteiger partial charge on any atom is -0.480 e. The fraction of sp³-hybridized carbons (Fsp3) is 0.245. The van der Waals surface area contributed by atoms with Crippen molar-refractivity contribution in [3.8, 4) is 11.1 Å². The van der Waals surface area contributed by atoms with E-state index in [1.807, 2.05) is 84.9 Å². The summed E-state index contributed by atoms with van der Waals surface area (Å²) in [5.41, 5.74) is 4.89. The van der Waals surface area contributed by atoms with Gasteiger partial charge in [-0.15, -0.1) is 0 Å².